The molecule has 1 aliphatic carbocycles. The highest BCUT2D eigenvalue weighted by atomic mass is 16.2. The summed E-state index contributed by atoms with van der Waals surface area (Å²) in [7, 11) is 0. The molecule has 0 aliphatic heterocycles. The largest absolute Gasteiger partial charge is 0.384 e. The first-order valence-electron chi connectivity index (χ1n) is 7.58. The second-order valence-electron chi connectivity index (χ2n) is 5.94. The standard InChI is InChI=1S/C18H23NO2/c1-3-18(7-5-8-18)13-19-17(21)16-11-14(2)10-15(12-16)6-4-9-20/h10-12,20H,3,5,7-9,13H2,1-2H3,(H,19,21). The van der Waals surface area contributed by atoms with Crippen molar-refractivity contribution in [2.45, 2.75) is 39.5 Å². The highest BCUT2D eigenvalue weighted by Crippen LogP contribution is 2.43. The summed E-state index contributed by atoms with van der Waals surface area (Å²) in [6, 6.07) is 5.57. The minimum atomic E-state index is -0.172. The quantitative estimate of drug-likeness (QED) is 0.836. The van der Waals surface area contributed by atoms with Crippen LogP contribution in [0.15, 0.2) is 18.2 Å². The number of nitrogens with one attached hydrogen (secondary N) is 1. The van der Waals surface area contributed by atoms with Crippen molar-refractivity contribution in [1.82, 2.24) is 5.32 Å². The Labute approximate surface area is 126 Å². The fourth-order valence-electron chi connectivity index (χ4n) is 2.83. The van der Waals surface area contributed by atoms with Gasteiger partial charge in [-0.05, 0) is 55.4 Å². The van der Waals surface area contributed by atoms with Crippen molar-refractivity contribution in [3.63, 3.8) is 0 Å². The second-order valence-corrected chi connectivity index (χ2v) is 5.94. The van der Waals surface area contributed by atoms with Crippen molar-refractivity contribution in [3.05, 3.63) is 34.9 Å². The molecule has 1 saturated carbocycles. The van der Waals surface area contributed by atoms with Crippen LogP contribution in [0.2, 0.25) is 0 Å². The van der Waals surface area contributed by atoms with Crippen LogP contribution in [0.4, 0.5) is 0 Å². The number of aliphatic hydroxyl groups excluding tert-OH is 1. The molecule has 0 atom stereocenters. The number of benzene rings is 1. The van der Waals surface area contributed by atoms with Gasteiger partial charge < -0.3 is 10.4 Å². The van der Waals surface area contributed by atoms with E-state index < -0.39 is 0 Å². The summed E-state index contributed by atoms with van der Waals surface area (Å²) in [6.07, 6.45) is 4.82. The monoisotopic (exact) mass is 285 g/mol. The molecule has 21 heavy (non-hydrogen) atoms. The number of aliphatic hydroxyl groups is 1. The summed E-state index contributed by atoms with van der Waals surface area (Å²) in [5, 5.41) is 11.8. The maximum absolute atomic E-state index is 12.3. The Morgan fingerprint density at radius 3 is 2.71 bits per heavy atom. The third-order valence-corrected chi connectivity index (χ3v) is 4.44. The summed E-state index contributed by atoms with van der Waals surface area (Å²) in [5.74, 6) is 5.44. The summed E-state index contributed by atoms with van der Waals surface area (Å²) < 4.78 is 0. The zero-order chi connectivity index (χ0) is 15.3. The molecule has 2 rings (SSSR count). The van der Waals surface area contributed by atoms with Gasteiger partial charge in [-0.1, -0.05) is 25.2 Å². The first-order valence-corrected chi connectivity index (χ1v) is 7.58. The molecule has 2 N–H and O–H groups in total. The zero-order valence-corrected chi connectivity index (χ0v) is 12.8. The summed E-state index contributed by atoms with van der Waals surface area (Å²) in [4.78, 5) is 12.3. The molecule has 0 saturated heterocycles. The number of hydrogen-bond acceptors (Lipinski definition) is 2. The van der Waals surface area contributed by atoms with E-state index in [4.69, 9.17) is 5.11 Å². The summed E-state index contributed by atoms with van der Waals surface area (Å²) in [6.45, 7) is 4.73. The number of aryl methyl sites for hydroxylation is 1. The lowest BCUT2D eigenvalue weighted by Crippen LogP contribution is -2.41. The van der Waals surface area contributed by atoms with Gasteiger partial charge in [0, 0.05) is 17.7 Å². The van der Waals surface area contributed by atoms with Crippen LogP contribution in [0, 0.1) is 24.2 Å². The number of amides is 1. The molecular weight excluding hydrogens is 262 g/mol. The van der Waals surface area contributed by atoms with E-state index in [-0.39, 0.29) is 12.5 Å². The molecule has 0 heterocycles. The highest BCUT2D eigenvalue weighted by molar-refractivity contribution is 5.94. The fourth-order valence-corrected chi connectivity index (χ4v) is 2.83. The Hall–Kier alpha value is -1.79. The molecule has 3 nitrogen and oxygen atoms in total. The third-order valence-electron chi connectivity index (χ3n) is 4.44. The molecule has 0 radical (unpaired) electrons. The van der Waals surface area contributed by atoms with Gasteiger partial charge in [0.15, 0.2) is 0 Å². The van der Waals surface area contributed by atoms with Crippen molar-refractivity contribution in [1.29, 1.82) is 0 Å². The lowest BCUT2D eigenvalue weighted by Gasteiger charge is -2.41. The van der Waals surface area contributed by atoms with Crippen LogP contribution >= 0.6 is 0 Å². The Kier molecular flexibility index (Phi) is 5.03. The van der Waals surface area contributed by atoms with E-state index >= 15 is 0 Å². The maximum Gasteiger partial charge on any atom is 0.251 e. The van der Waals surface area contributed by atoms with Crippen molar-refractivity contribution >= 4 is 5.91 Å². The number of carbonyl (C=O) groups is 1. The van der Waals surface area contributed by atoms with E-state index in [0.29, 0.717) is 11.0 Å². The van der Waals surface area contributed by atoms with Gasteiger partial charge in [-0.3, -0.25) is 4.79 Å². The first-order chi connectivity index (χ1) is 10.1. The number of carbonyl (C=O) groups excluding carboxylic acids is 1. The molecule has 0 spiro atoms. The molecule has 3 heteroatoms. The van der Waals surface area contributed by atoms with Gasteiger partial charge in [0.25, 0.3) is 5.91 Å². The van der Waals surface area contributed by atoms with Crippen LogP contribution < -0.4 is 5.32 Å². The molecule has 1 aromatic carbocycles. The van der Waals surface area contributed by atoms with Gasteiger partial charge in [-0.25, -0.2) is 0 Å². The number of hydrogen-bond donors (Lipinski definition) is 2. The third kappa shape index (κ3) is 3.86. The van der Waals surface area contributed by atoms with Crippen molar-refractivity contribution in [3.8, 4) is 11.8 Å². The Morgan fingerprint density at radius 1 is 1.38 bits per heavy atom. The lowest BCUT2D eigenvalue weighted by atomic mass is 9.67. The molecule has 1 aromatic rings. The summed E-state index contributed by atoms with van der Waals surface area (Å²) in [5.41, 5.74) is 2.73. The van der Waals surface area contributed by atoms with E-state index in [1.54, 1.807) is 6.07 Å². The van der Waals surface area contributed by atoms with Crippen LogP contribution in [0.1, 0.15) is 54.1 Å². The normalized spacial score (nSPS) is 15.6. The van der Waals surface area contributed by atoms with Gasteiger partial charge in [0.1, 0.15) is 6.61 Å². The molecule has 0 bridgehead atoms. The van der Waals surface area contributed by atoms with E-state index in [0.717, 1.165) is 24.1 Å². The van der Waals surface area contributed by atoms with Crippen molar-refractivity contribution in [2.24, 2.45) is 5.41 Å². The average Bonchev–Trinajstić information content (AvgIpc) is 2.43. The second kappa shape index (κ2) is 6.78. The van der Waals surface area contributed by atoms with Gasteiger partial charge >= 0.3 is 0 Å². The average molecular weight is 285 g/mol. The molecular formula is C18H23NO2. The van der Waals surface area contributed by atoms with Crippen LogP contribution in [-0.4, -0.2) is 24.2 Å². The van der Waals surface area contributed by atoms with Gasteiger partial charge in [-0.15, -0.1) is 0 Å². The van der Waals surface area contributed by atoms with Crippen LogP contribution in [0.25, 0.3) is 0 Å². The van der Waals surface area contributed by atoms with Crippen LogP contribution in [-0.2, 0) is 0 Å². The number of rotatable bonds is 4. The highest BCUT2D eigenvalue weighted by Gasteiger charge is 2.35. The lowest BCUT2D eigenvalue weighted by molar-refractivity contribution is 0.0850. The molecule has 112 valence electrons. The van der Waals surface area contributed by atoms with E-state index in [9.17, 15) is 4.79 Å². The van der Waals surface area contributed by atoms with Gasteiger partial charge in [-0.2, -0.15) is 0 Å². The Bertz CT molecular complexity index is 571. The predicted molar refractivity (Wildman–Crippen MR) is 84.1 cm³/mol. The first kappa shape index (κ1) is 15.6. The zero-order valence-electron chi connectivity index (χ0n) is 12.8. The van der Waals surface area contributed by atoms with E-state index in [1.165, 1.54) is 19.3 Å². The maximum atomic E-state index is 12.3. The Balaban J connectivity index is 2.06. The topological polar surface area (TPSA) is 49.3 Å². The Morgan fingerprint density at radius 2 is 2.14 bits per heavy atom. The van der Waals surface area contributed by atoms with Crippen molar-refractivity contribution < 1.29 is 9.90 Å². The van der Waals surface area contributed by atoms with Gasteiger partial charge in [0.05, 0.1) is 0 Å². The van der Waals surface area contributed by atoms with E-state index in [2.05, 4.69) is 24.1 Å². The molecule has 0 aromatic heterocycles. The molecule has 1 amide bonds. The minimum absolute atomic E-state index is 0.0366. The minimum Gasteiger partial charge on any atom is -0.384 e. The fraction of sp³-hybridized carbons (Fsp3) is 0.500. The smallest absolute Gasteiger partial charge is 0.251 e. The van der Waals surface area contributed by atoms with Gasteiger partial charge in [0.2, 0.25) is 0 Å². The van der Waals surface area contributed by atoms with Crippen LogP contribution in [0.3, 0.4) is 0 Å². The molecule has 1 fully saturated rings. The predicted octanol–water partition coefficient (Wildman–Crippen LogP) is 2.65. The SMILES string of the molecule is CCC1(CNC(=O)c2cc(C)cc(C#CCO)c2)CCC1. The summed E-state index contributed by atoms with van der Waals surface area (Å²) >= 11 is 0. The van der Waals surface area contributed by atoms with E-state index in [1.807, 2.05) is 19.1 Å². The van der Waals surface area contributed by atoms with Crippen LogP contribution in [0.5, 0.6) is 0 Å². The molecule has 1 aliphatic rings. The molecule has 0 unspecified atom stereocenters. The van der Waals surface area contributed by atoms with Crippen molar-refractivity contribution in [2.75, 3.05) is 13.2 Å².